The van der Waals surface area contributed by atoms with Crippen LogP contribution in [0.15, 0.2) is 18.2 Å². The maximum atomic E-state index is 12.7. The molecule has 0 aromatic heterocycles. The van der Waals surface area contributed by atoms with E-state index < -0.39 is 19.0 Å². The quantitative estimate of drug-likeness (QED) is 0.716. The second-order valence-corrected chi connectivity index (χ2v) is 5.35. The minimum absolute atomic E-state index is 0.151. The van der Waals surface area contributed by atoms with Gasteiger partial charge in [-0.05, 0) is 37.2 Å². The number of benzene rings is 1. The molecule has 1 aromatic carbocycles. The van der Waals surface area contributed by atoms with Crippen molar-refractivity contribution in [3.05, 3.63) is 33.8 Å². The summed E-state index contributed by atoms with van der Waals surface area (Å²) in [6, 6.07) is 4.55. The standard InChI is InChI=1S/C13H15Cl2F4NO/c1-20-10(6-21-7-13(18,19)12(16)17)5-8-4-9(14)2-3-11(8)15/h2-4,10,12,20H,5-7H2,1H3. The third-order valence-electron chi connectivity index (χ3n) is 2.82. The molecule has 0 radical (unpaired) electrons. The van der Waals surface area contributed by atoms with Crippen LogP contribution >= 0.6 is 23.2 Å². The van der Waals surface area contributed by atoms with E-state index in [1.807, 2.05) is 0 Å². The third kappa shape index (κ3) is 5.98. The summed E-state index contributed by atoms with van der Waals surface area (Å²) in [5.41, 5.74) is 0.715. The molecule has 120 valence electrons. The Morgan fingerprint density at radius 2 is 1.95 bits per heavy atom. The summed E-state index contributed by atoms with van der Waals surface area (Å²) in [4.78, 5) is 0. The van der Waals surface area contributed by atoms with Crippen molar-refractivity contribution in [3.8, 4) is 0 Å². The van der Waals surface area contributed by atoms with Gasteiger partial charge in [-0.2, -0.15) is 8.78 Å². The maximum Gasteiger partial charge on any atom is 0.330 e. The number of hydrogen-bond acceptors (Lipinski definition) is 2. The van der Waals surface area contributed by atoms with Crippen LogP contribution in [0.5, 0.6) is 0 Å². The molecule has 0 aliphatic rings. The molecule has 0 spiro atoms. The normalized spacial score (nSPS) is 13.7. The van der Waals surface area contributed by atoms with Crippen LogP contribution in [0.2, 0.25) is 10.0 Å². The fourth-order valence-electron chi connectivity index (χ4n) is 1.61. The Labute approximate surface area is 130 Å². The topological polar surface area (TPSA) is 21.3 Å². The molecule has 0 fully saturated rings. The number of likely N-dealkylation sites (N-methyl/N-ethyl adjacent to an activating group) is 1. The molecule has 1 rings (SSSR count). The lowest BCUT2D eigenvalue weighted by molar-refractivity contribution is -0.166. The van der Waals surface area contributed by atoms with Crippen LogP contribution in [0.25, 0.3) is 0 Å². The van der Waals surface area contributed by atoms with E-state index in [1.165, 1.54) is 0 Å². The molecule has 21 heavy (non-hydrogen) atoms. The first-order valence-corrected chi connectivity index (χ1v) is 6.86. The Morgan fingerprint density at radius 1 is 1.29 bits per heavy atom. The molecular weight excluding hydrogens is 333 g/mol. The summed E-state index contributed by atoms with van der Waals surface area (Å²) < 4.78 is 54.1. The molecule has 1 atom stereocenters. The lowest BCUT2D eigenvalue weighted by Gasteiger charge is -2.20. The first kappa shape index (κ1) is 18.5. The van der Waals surface area contributed by atoms with Gasteiger partial charge in [0.15, 0.2) is 0 Å². The van der Waals surface area contributed by atoms with Gasteiger partial charge in [0.1, 0.15) is 6.61 Å². The Kier molecular flexibility index (Phi) is 7.20. The van der Waals surface area contributed by atoms with E-state index in [-0.39, 0.29) is 12.6 Å². The summed E-state index contributed by atoms with van der Waals surface area (Å²) in [5.74, 6) is -4.15. The molecule has 1 aromatic rings. The average Bonchev–Trinajstić information content (AvgIpc) is 2.41. The van der Waals surface area contributed by atoms with Crippen LogP contribution in [-0.4, -0.2) is 38.7 Å². The third-order valence-corrected chi connectivity index (χ3v) is 3.42. The monoisotopic (exact) mass is 347 g/mol. The van der Waals surface area contributed by atoms with Gasteiger partial charge in [0.25, 0.3) is 0 Å². The first-order chi connectivity index (χ1) is 9.76. The van der Waals surface area contributed by atoms with Gasteiger partial charge in [0.2, 0.25) is 0 Å². The van der Waals surface area contributed by atoms with Crippen molar-refractivity contribution in [2.24, 2.45) is 0 Å². The van der Waals surface area contributed by atoms with Gasteiger partial charge in [-0.1, -0.05) is 23.2 Å². The minimum atomic E-state index is -4.15. The molecule has 0 aliphatic heterocycles. The number of hydrogen-bond donors (Lipinski definition) is 1. The zero-order valence-electron chi connectivity index (χ0n) is 11.2. The number of rotatable bonds is 8. The predicted octanol–water partition coefficient (Wildman–Crippen LogP) is 4.04. The van der Waals surface area contributed by atoms with Crippen molar-refractivity contribution in [1.82, 2.24) is 5.32 Å². The van der Waals surface area contributed by atoms with E-state index in [0.717, 1.165) is 0 Å². The maximum absolute atomic E-state index is 12.7. The van der Waals surface area contributed by atoms with Crippen molar-refractivity contribution < 1.29 is 22.3 Å². The summed E-state index contributed by atoms with van der Waals surface area (Å²) in [6.07, 6.45) is -3.37. The van der Waals surface area contributed by atoms with Gasteiger partial charge >= 0.3 is 12.3 Å². The van der Waals surface area contributed by atoms with E-state index >= 15 is 0 Å². The molecule has 0 aliphatic carbocycles. The van der Waals surface area contributed by atoms with E-state index in [4.69, 9.17) is 23.2 Å². The molecule has 2 nitrogen and oxygen atoms in total. The lowest BCUT2D eigenvalue weighted by Crippen LogP contribution is -2.37. The highest BCUT2D eigenvalue weighted by molar-refractivity contribution is 6.33. The Morgan fingerprint density at radius 3 is 2.52 bits per heavy atom. The van der Waals surface area contributed by atoms with Crippen LogP contribution in [0.1, 0.15) is 5.56 Å². The summed E-state index contributed by atoms with van der Waals surface area (Å²) in [6.45, 7) is -1.48. The second-order valence-electron chi connectivity index (χ2n) is 4.50. The van der Waals surface area contributed by atoms with E-state index in [2.05, 4.69) is 10.1 Å². The SMILES string of the molecule is CNC(COCC(F)(F)C(F)F)Cc1cc(Cl)ccc1Cl. The van der Waals surface area contributed by atoms with E-state index in [0.29, 0.717) is 22.0 Å². The number of alkyl halides is 4. The Hall–Kier alpha value is -0.560. The van der Waals surface area contributed by atoms with Gasteiger partial charge in [-0.25, -0.2) is 8.78 Å². The van der Waals surface area contributed by atoms with Crippen LogP contribution in [0, 0.1) is 0 Å². The second kappa shape index (κ2) is 8.17. The van der Waals surface area contributed by atoms with Crippen molar-refractivity contribution in [2.45, 2.75) is 24.8 Å². The summed E-state index contributed by atoms with van der Waals surface area (Å²) in [7, 11) is 1.61. The molecular formula is C13H15Cl2F4NO. The molecule has 1 unspecified atom stereocenters. The zero-order valence-corrected chi connectivity index (χ0v) is 12.7. The smallest absolute Gasteiger partial charge is 0.330 e. The van der Waals surface area contributed by atoms with Gasteiger partial charge in [0.05, 0.1) is 6.61 Å². The predicted molar refractivity (Wildman–Crippen MR) is 74.8 cm³/mol. The van der Waals surface area contributed by atoms with Gasteiger partial charge < -0.3 is 10.1 Å². The highest BCUT2D eigenvalue weighted by Gasteiger charge is 2.41. The van der Waals surface area contributed by atoms with Crippen LogP contribution in [0.3, 0.4) is 0 Å². The molecule has 0 saturated carbocycles. The van der Waals surface area contributed by atoms with Crippen molar-refractivity contribution in [2.75, 3.05) is 20.3 Å². The van der Waals surface area contributed by atoms with Gasteiger partial charge in [0, 0.05) is 16.1 Å². The molecule has 8 heteroatoms. The molecule has 1 N–H and O–H groups in total. The van der Waals surface area contributed by atoms with Crippen molar-refractivity contribution in [1.29, 1.82) is 0 Å². The van der Waals surface area contributed by atoms with Crippen molar-refractivity contribution >= 4 is 23.2 Å². The first-order valence-electron chi connectivity index (χ1n) is 6.11. The average molecular weight is 348 g/mol. The molecule has 0 heterocycles. The molecule has 0 saturated heterocycles. The highest BCUT2D eigenvalue weighted by Crippen LogP contribution is 2.24. The highest BCUT2D eigenvalue weighted by atomic mass is 35.5. The zero-order chi connectivity index (χ0) is 16.0. The summed E-state index contributed by atoms with van der Waals surface area (Å²) in [5, 5.41) is 3.83. The fourth-order valence-corrected chi connectivity index (χ4v) is 2.00. The van der Waals surface area contributed by atoms with Crippen LogP contribution in [-0.2, 0) is 11.2 Å². The van der Waals surface area contributed by atoms with E-state index in [9.17, 15) is 17.6 Å². The minimum Gasteiger partial charge on any atom is -0.373 e. The molecule has 0 amide bonds. The summed E-state index contributed by atoms with van der Waals surface area (Å²) >= 11 is 11.8. The number of halogens is 6. The van der Waals surface area contributed by atoms with Gasteiger partial charge in [-0.15, -0.1) is 0 Å². The number of nitrogens with one attached hydrogen (secondary N) is 1. The van der Waals surface area contributed by atoms with Gasteiger partial charge in [-0.3, -0.25) is 0 Å². The van der Waals surface area contributed by atoms with E-state index in [1.54, 1.807) is 25.2 Å². The molecule has 0 bridgehead atoms. The van der Waals surface area contributed by atoms with Crippen molar-refractivity contribution in [3.63, 3.8) is 0 Å². The Bertz CT molecular complexity index is 460. The van der Waals surface area contributed by atoms with Crippen LogP contribution < -0.4 is 5.32 Å². The largest absolute Gasteiger partial charge is 0.373 e. The van der Waals surface area contributed by atoms with Crippen LogP contribution in [0.4, 0.5) is 17.6 Å². The fraction of sp³-hybridized carbons (Fsp3) is 0.538. The Balaban J connectivity index is 2.54. The lowest BCUT2D eigenvalue weighted by atomic mass is 10.1. The number of ether oxygens (including phenoxy) is 1.